The van der Waals surface area contributed by atoms with E-state index in [-0.39, 0.29) is 5.91 Å². The standard InChI is InChI=1S/C20H30ClN3O2/c21-18-7-4-8-19(24-11-13-26-14-12-24)17(18)15-22-10-9-20(25)23-16-5-2-1-3-6-16/h4,7-8,16,22H,1-3,5-6,9-15H2,(H,23,25). The molecule has 2 fully saturated rings. The van der Waals surface area contributed by atoms with Gasteiger partial charge in [0.1, 0.15) is 0 Å². The van der Waals surface area contributed by atoms with Crippen LogP contribution in [0.5, 0.6) is 0 Å². The molecule has 0 atom stereocenters. The summed E-state index contributed by atoms with van der Waals surface area (Å²) in [6.07, 6.45) is 6.54. The smallest absolute Gasteiger partial charge is 0.221 e. The van der Waals surface area contributed by atoms with Crippen LogP contribution in [-0.4, -0.2) is 44.8 Å². The van der Waals surface area contributed by atoms with E-state index in [9.17, 15) is 4.79 Å². The van der Waals surface area contributed by atoms with Crippen molar-refractivity contribution in [3.8, 4) is 0 Å². The summed E-state index contributed by atoms with van der Waals surface area (Å²) in [6, 6.07) is 6.42. The number of rotatable bonds is 7. The fourth-order valence-electron chi connectivity index (χ4n) is 3.78. The number of hydrogen-bond acceptors (Lipinski definition) is 4. The van der Waals surface area contributed by atoms with Gasteiger partial charge in [-0.3, -0.25) is 4.79 Å². The lowest BCUT2D eigenvalue weighted by molar-refractivity contribution is -0.121. The zero-order valence-corrected chi connectivity index (χ0v) is 16.2. The molecule has 1 saturated carbocycles. The summed E-state index contributed by atoms with van der Waals surface area (Å²) in [4.78, 5) is 14.4. The van der Waals surface area contributed by atoms with Gasteiger partial charge in [-0.15, -0.1) is 0 Å². The van der Waals surface area contributed by atoms with Gasteiger partial charge in [0.05, 0.1) is 13.2 Å². The molecule has 2 N–H and O–H groups in total. The van der Waals surface area contributed by atoms with E-state index in [0.717, 1.165) is 49.7 Å². The van der Waals surface area contributed by atoms with E-state index in [1.807, 2.05) is 12.1 Å². The maximum atomic E-state index is 12.1. The zero-order chi connectivity index (χ0) is 18.2. The third-order valence-electron chi connectivity index (χ3n) is 5.25. The van der Waals surface area contributed by atoms with Crippen molar-refractivity contribution in [3.05, 3.63) is 28.8 Å². The second-order valence-corrected chi connectivity index (χ2v) is 7.57. The molecule has 0 spiro atoms. The summed E-state index contributed by atoms with van der Waals surface area (Å²) >= 11 is 6.44. The quantitative estimate of drug-likeness (QED) is 0.715. The van der Waals surface area contributed by atoms with E-state index < -0.39 is 0 Å². The van der Waals surface area contributed by atoms with Crippen LogP contribution < -0.4 is 15.5 Å². The zero-order valence-electron chi connectivity index (χ0n) is 15.4. The Morgan fingerprint density at radius 2 is 1.96 bits per heavy atom. The van der Waals surface area contributed by atoms with Crippen molar-refractivity contribution in [1.29, 1.82) is 0 Å². The lowest BCUT2D eigenvalue weighted by Crippen LogP contribution is -2.38. The van der Waals surface area contributed by atoms with Gasteiger partial charge in [0.15, 0.2) is 0 Å². The van der Waals surface area contributed by atoms with Gasteiger partial charge in [0.25, 0.3) is 0 Å². The molecule has 1 aliphatic heterocycles. The van der Waals surface area contributed by atoms with E-state index in [4.69, 9.17) is 16.3 Å². The van der Waals surface area contributed by atoms with Gasteiger partial charge in [-0.25, -0.2) is 0 Å². The fraction of sp³-hybridized carbons (Fsp3) is 0.650. The lowest BCUT2D eigenvalue weighted by atomic mass is 9.95. The van der Waals surface area contributed by atoms with Crippen molar-refractivity contribution < 1.29 is 9.53 Å². The van der Waals surface area contributed by atoms with Crippen LogP contribution in [-0.2, 0) is 16.1 Å². The van der Waals surface area contributed by atoms with Crippen LogP contribution in [0.2, 0.25) is 5.02 Å². The molecular weight excluding hydrogens is 350 g/mol. The van der Waals surface area contributed by atoms with Gasteiger partial charge in [-0.2, -0.15) is 0 Å². The number of hydrogen-bond donors (Lipinski definition) is 2. The average Bonchev–Trinajstić information content (AvgIpc) is 2.67. The Balaban J connectivity index is 1.46. The van der Waals surface area contributed by atoms with Crippen molar-refractivity contribution in [2.24, 2.45) is 0 Å². The summed E-state index contributed by atoms with van der Waals surface area (Å²) in [6.45, 7) is 4.60. The van der Waals surface area contributed by atoms with Crippen LogP contribution in [0.3, 0.4) is 0 Å². The van der Waals surface area contributed by atoms with Crippen LogP contribution in [0.1, 0.15) is 44.1 Å². The Morgan fingerprint density at radius 1 is 1.19 bits per heavy atom. The molecular formula is C20H30ClN3O2. The molecule has 1 saturated heterocycles. The molecule has 1 aliphatic carbocycles. The van der Waals surface area contributed by atoms with Crippen molar-refractivity contribution >= 4 is 23.2 Å². The van der Waals surface area contributed by atoms with E-state index in [1.165, 1.54) is 24.9 Å². The Morgan fingerprint density at radius 3 is 2.73 bits per heavy atom. The molecule has 1 amide bonds. The Bertz CT molecular complexity index is 584. The van der Waals surface area contributed by atoms with E-state index in [2.05, 4.69) is 21.6 Å². The molecule has 0 radical (unpaired) electrons. The minimum absolute atomic E-state index is 0.150. The van der Waals surface area contributed by atoms with Crippen LogP contribution in [0.15, 0.2) is 18.2 Å². The number of morpholine rings is 1. The van der Waals surface area contributed by atoms with E-state index >= 15 is 0 Å². The second-order valence-electron chi connectivity index (χ2n) is 7.17. The van der Waals surface area contributed by atoms with Gasteiger partial charge in [-0.05, 0) is 25.0 Å². The number of carbonyl (C=O) groups excluding carboxylic acids is 1. The summed E-state index contributed by atoms with van der Waals surface area (Å²) in [5.41, 5.74) is 2.27. The van der Waals surface area contributed by atoms with Crippen molar-refractivity contribution in [2.45, 2.75) is 51.1 Å². The number of carbonyl (C=O) groups is 1. The van der Waals surface area contributed by atoms with Crippen LogP contribution in [0.25, 0.3) is 0 Å². The predicted octanol–water partition coefficient (Wildman–Crippen LogP) is 3.11. The highest BCUT2D eigenvalue weighted by molar-refractivity contribution is 6.31. The van der Waals surface area contributed by atoms with Gasteiger partial charge in [0.2, 0.25) is 5.91 Å². The number of benzene rings is 1. The van der Waals surface area contributed by atoms with Crippen LogP contribution in [0, 0.1) is 0 Å². The Kier molecular flexibility index (Phi) is 7.59. The molecule has 5 nitrogen and oxygen atoms in total. The maximum absolute atomic E-state index is 12.1. The number of nitrogens with zero attached hydrogens (tertiary/aromatic N) is 1. The number of amides is 1. The molecule has 0 bridgehead atoms. The number of ether oxygens (including phenoxy) is 1. The van der Waals surface area contributed by atoms with Gasteiger partial charge in [-0.1, -0.05) is 36.9 Å². The van der Waals surface area contributed by atoms with Gasteiger partial charge in [0, 0.05) is 54.9 Å². The summed E-state index contributed by atoms with van der Waals surface area (Å²) in [5, 5.41) is 7.32. The third kappa shape index (κ3) is 5.60. The minimum Gasteiger partial charge on any atom is -0.378 e. The highest BCUT2D eigenvalue weighted by Crippen LogP contribution is 2.28. The number of halogens is 1. The second kappa shape index (κ2) is 10.1. The van der Waals surface area contributed by atoms with Gasteiger partial charge >= 0.3 is 0 Å². The molecule has 144 valence electrons. The molecule has 3 rings (SSSR count). The number of nitrogens with one attached hydrogen (secondary N) is 2. The van der Waals surface area contributed by atoms with Crippen molar-refractivity contribution in [3.63, 3.8) is 0 Å². The summed E-state index contributed by atoms with van der Waals surface area (Å²) in [5.74, 6) is 0.150. The third-order valence-corrected chi connectivity index (χ3v) is 5.60. The SMILES string of the molecule is O=C(CCNCc1c(Cl)cccc1N1CCOCC1)NC1CCCCC1. The first kappa shape index (κ1) is 19.5. The lowest BCUT2D eigenvalue weighted by Gasteiger charge is -2.31. The number of anilines is 1. The highest BCUT2D eigenvalue weighted by atomic mass is 35.5. The first-order valence-corrected chi connectivity index (χ1v) is 10.2. The normalized spacial score (nSPS) is 18.7. The molecule has 1 heterocycles. The molecule has 0 unspecified atom stereocenters. The molecule has 6 heteroatoms. The van der Waals surface area contributed by atoms with Crippen molar-refractivity contribution in [2.75, 3.05) is 37.7 Å². The Hall–Kier alpha value is -1.30. The summed E-state index contributed by atoms with van der Waals surface area (Å²) < 4.78 is 5.44. The van der Waals surface area contributed by atoms with Crippen molar-refractivity contribution in [1.82, 2.24) is 10.6 Å². The molecule has 2 aliphatic rings. The fourth-order valence-corrected chi connectivity index (χ4v) is 4.02. The first-order chi connectivity index (χ1) is 12.7. The van der Waals surface area contributed by atoms with E-state index in [1.54, 1.807) is 0 Å². The average molecular weight is 380 g/mol. The minimum atomic E-state index is 0.150. The monoisotopic (exact) mass is 379 g/mol. The topological polar surface area (TPSA) is 53.6 Å². The van der Waals surface area contributed by atoms with Crippen LogP contribution >= 0.6 is 11.6 Å². The molecule has 1 aromatic carbocycles. The highest BCUT2D eigenvalue weighted by Gasteiger charge is 2.17. The molecule has 26 heavy (non-hydrogen) atoms. The van der Waals surface area contributed by atoms with Gasteiger partial charge < -0.3 is 20.3 Å². The largest absolute Gasteiger partial charge is 0.378 e. The summed E-state index contributed by atoms with van der Waals surface area (Å²) in [7, 11) is 0. The van der Waals surface area contributed by atoms with E-state index in [0.29, 0.717) is 25.6 Å². The molecule has 1 aromatic rings. The Labute approximate surface area is 161 Å². The maximum Gasteiger partial charge on any atom is 0.221 e. The van der Waals surface area contributed by atoms with Crippen LogP contribution in [0.4, 0.5) is 5.69 Å². The first-order valence-electron chi connectivity index (χ1n) is 9.84. The molecule has 0 aromatic heterocycles. The predicted molar refractivity (Wildman–Crippen MR) is 106 cm³/mol.